The smallest absolute Gasteiger partial charge is 0.156 e. The second kappa shape index (κ2) is 5.00. The number of rotatable bonds is 4. The first-order valence-electron chi connectivity index (χ1n) is 6.83. The molecule has 0 unspecified atom stereocenters. The summed E-state index contributed by atoms with van der Waals surface area (Å²) in [6, 6.07) is 5.97. The molecule has 0 saturated heterocycles. The van der Waals surface area contributed by atoms with E-state index in [1.807, 2.05) is 18.2 Å². The third-order valence-electron chi connectivity index (χ3n) is 3.63. The van der Waals surface area contributed by atoms with Crippen molar-refractivity contribution in [2.45, 2.75) is 13.8 Å². The van der Waals surface area contributed by atoms with E-state index in [2.05, 4.69) is 33.7 Å². The topological polar surface area (TPSA) is 54.0 Å². The number of nitrogens with zero attached hydrogens (tertiary/aromatic N) is 3. The molecule has 1 aromatic carbocycles. The summed E-state index contributed by atoms with van der Waals surface area (Å²) in [5.41, 5.74) is 2.98. The fourth-order valence-corrected chi connectivity index (χ4v) is 2.55. The van der Waals surface area contributed by atoms with Crippen molar-refractivity contribution in [2.24, 2.45) is 0 Å². The highest BCUT2D eigenvalue weighted by Crippen LogP contribution is 2.31. The molecule has 3 aromatic rings. The van der Waals surface area contributed by atoms with Gasteiger partial charge in [-0.15, -0.1) is 0 Å². The van der Waals surface area contributed by atoms with Gasteiger partial charge >= 0.3 is 0 Å². The number of hydrogen-bond acceptors (Lipinski definition) is 4. The van der Waals surface area contributed by atoms with Crippen LogP contribution in [-0.4, -0.2) is 35.2 Å². The second-order valence-corrected chi connectivity index (χ2v) is 4.63. The van der Waals surface area contributed by atoms with Gasteiger partial charge in [-0.3, -0.25) is 0 Å². The van der Waals surface area contributed by atoms with E-state index in [1.165, 1.54) is 0 Å². The lowest BCUT2D eigenvalue weighted by molar-refractivity contribution is 0.415. The van der Waals surface area contributed by atoms with Crippen molar-refractivity contribution < 1.29 is 4.74 Å². The molecule has 0 bridgehead atoms. The largest absolute Gasteiger partial charge is 0.497 e. The van der Waals surface area contributed by atoms with Gasteiger partial charge in [0.05, 0.1) is 7.11 Å². The fraction of sp³-hybridized carbons (Fsp3) is 0.333. The predicted molar refractivity (Wildman–Crippen MR) is 81.5 cm³/mol. The average Bonchev–Trinajstić information content (AvgIpc) is 2.87. The van der Waals surface area contributed by atoms with Crippen molar-refractivity contribution in [3.8, 4) is 5.75 Å². The molecule has 3 rings (SSSR count). The van der Waals surface area contributed by atoms with Crippen molar-refractivity contribution in [3.05, 3.63) is 24.5 Å². The molecule has 5 heteroatoms. The van der Waals surface area contributed by atoms with Gasteiger partial charge in [-0.25, -0.2) is 9.97 Å². The van der Waals surface area contributed by atoms with Crippen molar-refractivity contribution in [1.29, 1.82) is 0 Å². The van der Waals surface area contributed by atoms with Crippen molar-refractivity contribution >= 4 is 27.8 Å². The molecule has 0 aliphatic carbocycles. The molecule has 0 saturated carbocycles. The van der Waals surface area contributed by atoms with E-state index < -0.39 is 0 Å². The first kappa shape index (κ1) is 12.7. The van der Waals surface area contributed by atoms with Crippen molar-refractivity contribution in [3.63, 3.8) is 0 Å². The molecule has 0 amide bonds. The van der Waals surface area contributed by atoms with Crippen LogP contribution in [0.1, 0.15) is 13.8 Å². The second-order valence-electron chi connectivity index (χ2n) is 4.63. The van der Waals surface area contributed by atoms with Gasteiger partial charge in [-0.2, -0.15) is 0 Å². The Kier molecular flexibility index (Phi) is 3.18. The molecule has 104 valence electrons. The highest BCUT2D eigenvalue weighted by Gasteiger charge is 2.14. The van der Waals surface area contributed by atoms with E-state index in [1.54, 1.807) is 13.4 Å². The molecule has 0 fully saturated rings. The normalized spacial score (nSPS) is 11.2. The van der Waals surface area contributed by atoms with Crippen LogP contribution in [-0.2, 0) is 0 Å². The molecule has 0 aliphatic rings. The van der Waals surface area contributed by atoms with Crippen LogP contribution >= 0.6 is 0 Å². The maximum Gasteiger partial charge on any atom is 0.156 e. The Morgan fingerprint density at radius 2 is 2.00 bits per heavy atom. The third kappa shape index (κ3) is 1.86. The van der Waals surface area contributed by atoms with Gasteiger partial charge in [0.25, 0.3) is 0 Å². The number of hydrogen-bond donors (Lipinski definition) is 1. The molecule has 2 heterocycles. The van der Waals surface area contributed by atoms with Crippen molar-refractivity contribution in [1.82, 2.24) is 15.0 Å². The van der Waals surface area contributed by atoms with Crippen LogP contribution in [0.25, 0.3) is 21.9 Å². The van der Waals surface area contributed by atoms with Crippen LogP contribution < -0.4 is 9.64 Å². The Balaban J connectivity index is 2.30. The maximum absolute atomic E-state index is 5.29. The summed E-state index contributed by atoms with van der Waals surface area (Å²) < 4.78 is 5.29. The summed E-state index contributed by atoms with van der Waals surface area (Å²) in [7, 11) is 1.67. The lowest BCUT2D eigenvalue weighted by Crippen LogP contribution is -2.23. The molecular formula is C15H18N4O. The molecular weight excluding hydrogens is 252 g/mol. The van der Waals surface area contributed by atoms with E-state index >= 15 is 0 Å². The van der Waals surface area contributed by atoms with Gasteiger partial charge in [-0.1, -0.05) is 0 Å². The summed E-state index contributed by atoms with van der Waals surface area (Å²) in [4.78, 5) is 14.5. The zero-order valence-electron chi connectivity index (χ0n) is 12.0. The molecule has 0 radical (unpaired) electrons. The number of anilines is 1. The van der Waals surface area contributed by atoms with E-state index in [4.69, 9.17) is 4.74 Å². The quantitative estimate of drug-likeness (QED) is 0.792. The number of H-pyrrole nitrogens is 1. The zero-order chi connectivity index (χ0) is 14.1. The minimum atomic E-state index is 0.835. The highest BCUT2D eigenvalue weighted by molar-refractivity contribution is 6.08. The monoisotopic (exact) mass is 270 g/mol. The van der Waals surface area contributed by atoms with Crippen LogP contribution in [0.2, 0.25) is 0 Å². The highest BCUT2D eigenvalue weighted by atomic mass is 16.5. The molecule has 0 atom stereocenters. The molecule has 5 nitrogen and oxygen atoms in total. The maximum atomic E-state index is 5.29. The van der Waals surface area contributed by atoms with Gasteiger partial charge in [0, 0.05) is 24.0 Å². The molecule has 0 spiro atoms. The number of ether oxygens (including phenoxy) is 1. The van der Waals surface area contributed by atoms with Crippen LogP contribution in [0.3, 0.4) is 0 Å². The van der Waals surface area contributed by atoms with Gasteiger partial charge < -0.3 is 14.6 Å². The SMILES string of the molecule is CCN(CC)c1ncnc2c1[nH]c1ccc(OC)cc12. The number of benzene rings is 1. The van der Waals surface area contributed by atoms with E-state index in [9.17, 15) is 0 Å². The minimum Gasteiger partial charge on any atom is -0.497 e. The van der Waals surface area contributed by atoms with Crippen LogP contribution in [0.4, 0.5) is 5.82 Å². The summed E-state index contributed by atoms with van der Waals surface area (Å²) in [5.74, 6) is 1.79. The minimum absolute atomic E-state index is 0.835. The number of methoxy groups -OCH3 is 1. The Morgan fingerprint density at radius 3 is 2.70 bits per heavy atom. The van der Waals surface area contributed by atoms with Crippen LogP contribution in [0.15, 0.2) is 24.5 Å². The van der Waals surface area contributed by atoms with Gasteiger partial charge in [-0.05, 0) is 32.0 Å². The number of aromatic nitrogens is 3. The van der Waals surface area contributed by atoms with Crippen LogP contribution in [0.5, 0.6) is 5.75 Å². The Labute approximate surface area is 117 Å². The van der Waals surface area contributed by atoms with Gasteiger partial charge in [0.1, 0.15) is 23.1 Å². The van der Waals surface area contributed by atoms with Gasteiger partial charge in [0.15, 0.2) is 5.82 Å². The molecule has 2 aromatic heterocycles. The number of aromatic amines is 1. The van der Waals surface area contributed by atoms with Crippen molar-refractivity contribution in [2.75, 3.05) is 25.1 Å². The number of nitrogens with one attached hydrogen (secondary N) is 1. The Bertz CT molecular complexity index is 746. The molecule has 1 N–H and O–H groups in total. The van der Waals surface area contributed by atoms with E-state index in [0.29, 0.717) is 0 Å². The standard InChI is InChI=1S/C15H18N4O/c1-4-19(5-2)15-14-13(16-9-17-15)11-8-10(20-3)6-7-12(11)18-14/h6-9,18H,4-5H2,1-3H3. The van der Waals surface area contributed by atoms with E-state index in [-0.39, 0.29) is 0 Å². The third-order valence-corrected chi connectivity index (χ3v) is 3.63. The lowest BCUT2D eigenvalue weighted by Gasteiger charge is -2.19. The van der Waals surface area contributed by atoms with E-state index in [0.717, 1.165) is 46.6 Å². The molecule has 0 aliphatic heterocycles. The first-order valence-corrected chi connectivity index (χ1v) is 6.83. The number of fused-ring (bicyclic) bond motifs is 3. The Morgan fingerprint density at radius 1 is 1.20 bits per heavy atom. The summed E-state index contributed by atoms with van der Waals surface area (Å²) in [5, 5.41) is 1.06. The van der Waals surface area contributed by atoms with Gasteiger partial charge in [0.2, 0.25) is 0 Å². The Hall–Kier alpha value is -2.30. The molecule has 20 heavy (non-hydrogen) atoms. The first-order chi connectivity index (χ1) is 9.78. The average molecular weight is 270 g/mol. The van der Waals surface area contributed by atoms with Crippen LogP contribution in [0, 0.1) is 0 Å². The fourth-order valence-electron chi connectivity index (χ4n) is 2.55. The summed E-state index contributed by atoms with van der Waals surface area (Å²) >= 11 is 0. The summed E-state index contributed by atoms with van der Waals surface area (Å²) in [6.07, 6.45) is 1.63. The zero-order valence-corrected chi connectivity index (χ0v) is 12.0. The summed E-state index contributed by atoms with van der Waals surface area (Å²) in [6.45, 7) is 6.09. The predicted octanol–water partition coefficient (Wildman–Crippen LogP) is 2.97. The lowest BCUT2D eigenvalue weighted by atomic mass is 10.2.